The standard InChI is InChI=1S/C14H23ClN6/c1-3-6-16-13-17-12(15)18-14(19-13)21-9-11-5-4-7-20(11)8-10(21)2/h10-11H,3-9H2,1-2H3,(H,16,17,18,19). The second-order valence-electron chi connectivity index (χ2n) is 5.95. The number of anilines is 2. The molecule has 0 aliphatic carbocycles. The van der Waals surface area contributed by atoms with Crippen molar-refractivity contribution in [3.63, 3.8) is 0 Å². The van der Waals surface area contributed by atoms with Crippen LogP contribution in [0, 0.1) is 0 Å². The van der Waals surface area contributed by atoms with Gasteiger partial charge >= 0.3 is 0 Å². The van der Waals surface area contributed by atoms with Crippen molar-refractivity contribution in [3.05, 3.63) is 5.28 Å². The first-order chi connectivity index (χ1) is 10.2. The lowest BCUT2D eigenvalue weighted by atomic mass is 10.1. The van der Waals surface area contributed by atoms with E-state index in [1.165, 1.54) is 19.4 Å². The van der Waals surface area contributed by atoms with E-state index in [-0.39, 0.29) is 5.28 Å². The smallest absolute Gasteiger partial charge is 0.231 e. The molecule has 2 fully saturated rings. The molecular weight excluding hydrogens is 288 g/mol. The summed E-state index contributed by atoms with van der Waals surface area (Å²) in [5, 5.41) is 3.46. The van der Waals surface area contributed by atoms with Crippen molar-refractivity contribution in [3.8, 4) is 0 Å². The molecule has 2 aliphatic heterocycles. The molecule has 1 N–H and O–H groups in total. The number of fused-ring (bicyclic) bond motifs is 1. The highest BCUT2D eigenvalue weighted by molar-refractivity contribution is 6.28. The van der Waals surface area contributed by atoms with Crippen LogP contribution in [0.15, 0.2) is 0 Å². The van der Waals surface area contributed by atoms with Crippen LogP contribution in [0.3, 0.4) is 0 Å². The van der Waals surface area contributed by atoms with Crippen LogP contribution in [0.1, 0.15) is 33.1 Å². The van der Waals surface area contributed by atoms with Crippen molar-refractivity contribution in [2.24, 2.45) is 0 Å². The Morgan fingerprint density at radius 3 is 2.95 bits per heavy atom. The van der Waals surface area contributed by atoms with Gasteiger partial charge in [-0.15, -0.1) is 0 Å². The van der Waals surface area contributed by atoms with Gasteiger partial charge in [-0.1, -0.05) is 6.92 Å². The van der Waals surface area contributed by atoms with E-state index in [0.717, 1.165) is 26.1 Å². The predicted octanol–water partition coefficient (Wildman–Crippen LogP) is 2.02. The highest BCUT2D eigenvalue weighted by Crippen LogP contribution is 2.27. The maximum atomic E-state index is 6.07. The van der Waals surface area contributed by atoms with E-state index in [4.69, 9.17) is 11.6 Å². The van der Waals surface area contributed by atoms with Crippen LogP contribution in [-0.4, -0.2) is 58.1 Å². The molecule has 0 spiro atoms. The number of hydrogen-bond donors (Lipinski definition) is 1. The molecule has 116 valence electrons. The van der Waals surface area contributed by atoms with Gasteiger partial charge in [0.15, 0.2) is 0 Å². The summed E-state index contributed by atoms with van der Waals surface area (Å²) in [5.74, 6) is 1.28. The van der Waals surface area contributed by atoms with E-state index >= 15 is 0 Å². The first-order valence-electron chi connectivity index (χ1n) is 7.83. The minimum absolute atomic E-state index is 0.264. The molecule has 2 saturated heterocycles. The average Bonchev–Trinajstić information content (AvgIpc) is 2.90. The topological polar surface area (TPSA) is 57.2 Å². The first kappa shape index (κ1) is 14.8. The van der Waals surface area contributed by atoms with Crippen LogP contribution in [0.4, 0.5) is 11.9 Å². The molecule has 2 unspecified atom stereocenters. The van der Waals surface area contributed by atoms with Gasteiger partial charge in [0.05, 0.1) is 0 Å². The lowest BCUT2D eigenvalue weighted by Crippen LogP contribution is -2.55. The molecule has 1 aromatic rings. The number of hydrogen-bond acceptors (Lipinski definition) is 6. The zero-order chi connectivity index (χ0) is 14.8. The summed E-state index contributed by atoms with van der Waals surface area (Å²) in [4.78, 5) is 17.9. The van der Waals surface area contributed by atoms with Crippen molar-refractivity contribution in [1.29, 1.82) is 0 Å². The Bertz CT molecular complexity index is 496. The summed E-state index contributed by atoms with van der Waals surface area (Å²) in [7, 11) is 0. The van der Waals surface area contributed by atoms with Gasteiger partial charge in [-0.3, -0.25) is 4.90 Å². The van der Waals surface area contributed by atoms with Gasteiger partial charge in [-0.05, 0) is 44.3 Å². The number of halogens is 1. The molecule has 1 aromatic heterocycles. The third-order valence-electron chi connectivity index (χ3n) is 4.32. The normalized spacial score (nSPS) is 26.0. The Morgan fingerprint density at radius 1 is 1.29 bits per heavy atom. The summed E-state index contributed by atoms with van der Waals surface area (Å²) in [6.07, 6.45) is 3.59. The fourth-order valence-corrected chi connectivity index (χ4v) is 3.41. The van der Waals surface area contributed by atoms with Crippen LogP contribution in [-0.2, 0) is 0 Å². The molecule has 0 saturated carbocycles. The minimum Gasteiger partial charge on any atom is -0.354 e. The predicted molar refractivity (Wildman–Crippen MR) is 85.0 cm³/mol. The molecule has 21 heavy (non-hydrogen) atoms. The van der Waals surface area contributed by atoms with E-state index in [1.54, 1.807) is 0 Å². The van der Waals surface area contributed by atoms with Crippen LogP contribution in [0.25, 0.3) is 0 Å². The average molecular weight is 311 g/mol. The van der Waals surface area contributed by atoms with E-state index in [9.17, 15) is 0 Å². The monoisotopic (exact) mass is 310 g/mol. The summed E-state index contributed by atoms with van der Waals surface area (Å²) in [6, 6.07) is 1.03. The maximum absolute atomic E-state index is 6.07. The molecule has 0 amide bonds. The number of piperazine rings is 1. The third-order valence-corrected chi connectivity index (χ3v) is 4.49. The quantitative estimate of drug-likeness (QED) is 0.918. The number of aromatic nitrogens is 3. The second-order valence-corrected chi connectivity index (χ2v) is 6.29. The highest BCUT2D eigenvalue weighted by Gasteiger charge is 2.35. The van der Waals surface area contributed by atoms with Crippen molar-refractivity contribution in [2.45, 2.75) is 45.2 Å². The number of nitrogens with zero attached hydrogens (tertiary/aromatic N) is 5. The Morgan fingerprint density at radius 2 is 2.14 bits per heavy atom. The molecule has 0 aromatic carbocycles. The van der Waals surface area contributed by atoms with Crippen LogP contribution in [0.2, 0.25) is 5.28 Å². The van der Waals surface area contributed by atoms with Crippen molar-refractivity contribution < 1.29 is 0 Å². The Hall–Kier alpha value is -1.14. The van der Waals surface area contributed by atoms with Crippen LogP contribution >= 0.6 is 11.6 Å². The van der Waals surface area contributed by atoms with Gasteiger partial charge in [-0.2, -0.15) is 15.0 Å². The molecule has 3 rings (SSSR count). The van der Waals surface area contributed by atoms with Crippen molar-refractivity contribution >= 4 is 23.5 Å². The maximum Gasteiger partial charge on any atom is 0.231 e. The summed E-state index contributed by atoms with van der Waals surface area (Å²) >= 11 is 6.07. The summed E-state index contributed by atoms with van der Waals surface area (Å²) in [6.45, 7) is 8.46. The summed E-state index contributed by atoms with van der Waals surface area (Å²) in [5.41, 5.74) is 0. The second kappa shape index (κ2) is 6.32. The first-order valence-corrected chi connectivity index (χ1v) is 8.21. The van der Waals surface area contributed by atoms with Gasteiger partial charge in [-0.25, -0.2) is 0 Å². The zero-order valence-electron chi connectivity index (χ0n) is 12.7. The molecule has 0 radical (unpaired) electrons. The van der Waals surface area contributed by atoms with Gasteiger partial charge in [0.1, 0.15) is 0 Å². The fraction of sp³-hybridized carbons (Fsp3) is 0.786. The van der Waals surface area contributed by atoms with Crippen LogP contribution in [0.5, 0.6) is 0 Å². The van der Waals surface area contributed by atoms with Gasteiger partial charge < -0.3 is 10.2 Å². The SMILES string of the molecule is CCCNc1nc(Cl)nc(N2CC3CCCN3CC2C)n1. The van der Waals surface area contributed by atoms with E-state index in [2.05, 4.69) is 43.9 Å². The van der Waals surface area contributed by atoms with E-state index < -0.39 is 0 Å². The summed E-state index contributed by atoms with van der Waals surface area (Å²) < 4.78 is 0. The van der Waals surface area contributed by atoms with Crippen molar-refractivity contribution in [2.75, 3.05) is 36.4 Å². The molecule has 6 nitrogen and oxygen atoms in total. The molecule has 3 heterocycles. The third kappa shape index (κ3) is 3.21. The number of nitrogens with one attached hydrogen (secondary N) is 1. The van der Waals surface area contributed by atoms with E-state index in [1.807, 2.05) is 0 Å². The molecular formula is C14H23ClN6. The molecule has 2 atom stereocenters. The van der Waals surface area contributed by atoms with Gasteiger partial charge in [0.25, 0.3) is 0 Å². The zero-order valence-corrected chi connectivity index (χ0v) is 13.5. The van der Waals surface area contributed by atoms with E-state index in [0.29, 0.717) is 24.0 Å². The largest absolute Gasteiger partial charge is 0.354 e. The lowest BCUT2D eigenvalue weighted by Gasteiger charge is -2.42. The van der Waals surface area contributed by atoms with Gasteiger partial charge in [0.2, 0.25) is 17.2 Å². The molecule has 7 heteroatoms. The fourth-order valence-electron chi connectivity index (χ4n) is 3.25. The van der Waals surface area contributed by atoms with Gasteiger partial charge in [0, 0.05) is 31.7 Å². The Balaban J connectivity index is 1.80. The lowest BCUT2D eigenvalue weighted by molar-refractivity contribution is 0.201. The minimum atomic E-state index is 0.264. The number of rotatable bonds is 4. The van der Waals surface area contributed by atoms with Crippen molar-refractivity contribution in [1.82, 2.24) is 19.9 Å². The Labute approximate surface area is 130 Å². The Kier molecular flexibility index (Phi) is 4.45. The molecule has 2 aliphatic rings. The molecule has 0 bridgehead atoms. The highest BCUT2D eigenvalue weighted by atomic mass is 35.5. The van der Waals surface area contributed by atoms with Crippen LogP contribution < -0.4 is 10.2 Å².